The number of thioether (sulfide) groups is 1. The largest absolute Gasteiger partial charge is 0.453 e. The number of anilines is 1. The maximum atomic E-state index is 13.3. The highest BCUT2D eigenvalue weighted by atomic mass is 79.9. The number of nitrogens with one attached hydrogen (secondary N) is 2. The van der Waals surface area contributed by atoms with Crippen molar-refractivity contribution in [2.75, 3.05) is 11.1 Å². The first-order valence-corrected chi connectivity index (χ1v) is 16.1. The number of fused-ring (bicyclic) bond motifs is 2. The van der Waals surface area contributed by atoms with E-state index in [2.05, 4.69) is 36.8 Å². The monoisotopic (exact) mass is 649 g/mol. The Hall–Kier alpha value is -3.41. The lowest BCUT2D eigenvalue weighted by atomic mass is 9.95. The van der Waals surface area contributed by atoms with Crippen LogP contribution in [0.5, 0.6) is 0 Å². The van der Waals surface area contributed by atoms with E-state index in [-0.39, 0.29) is 17.6 Å². The summed E-state index contributed by atoms with van der Waals surface area (Å²) in [5.74, 6) is 1.04. The lowest BCUT2D eigenvalue weighted by molar-refractivity contribution is -0.113. The molecule has 0 atom stereocenters. The lowest BCUT2D eigenvalue weighted by Gasteiger charge is -2.13. The molecule has 5 aromatic rings. The predicted molar refractivity (Wildman–Crippen MR) is 167 cm³/mol. The number of rotatable bonds is 9. The molecule has 2 N–H and O–H groups in total. The highest BCUT2D eigenvalue weighted by Gasteiger charge is 2.26. The van der Waals surface area contributed by atoms with Crippen LogP contribution in [0, 0.1) is 0 Å². The van der Waals surface area contributed by atoms with E-state index in [1.54, 1.807) is 0 Å². The molecule has 3 aromatic heterocycles. The first-order valence-electron chi connectivity index (χ1n) is 13.5. The minimum absolute atomic E-state index is 0.138. The quantitative estimate of drug-likeness (QED) is 0.166. The molecule has 0 spiro atoms. The molecular formula is C30H28BrN5O3S2. The van der Waals surface area contributed by atoms with Crippen LogP contribution in [0.4, 0.5) is 5.00 Å². The van der Waals surface area contributed by atoms with E-state index in [0.29, 0.717) is 40.4 Å². The Morgan fingerprint density at radius 1 is 1.10 bits per heavy atom. The van der Waals surface area contributed by atoms with E-state index < -0.39 is 0 Å². The van der Waals surface area contributed by atoms with Crippen molar-refractivity contribution in [3.8, 4) is 11.6 Å². The zero-order chi connectivity index (χ0) is 28.3. The van der Waals surface area contributed by atoms with Gasteiger partial charge in [-0.25, -0.2) is 0 Å². The maximum Gasteiger partial charge on any atom is 0.254 e. The number of amides is 2. The van der Waals surface area contributed by atoms with Crippen molar-refractivity contribution in [2.24, 2.45) is 0 Å². The number of aryl methyl sites for hydroxylation is 1. The molecule has 0 radical (unpaired) electrons. The molecule has 3 heterocycles. The van der Waals surface area contributed by atoms with Crippen LogP contribution < -0.4 is 10.6 Å². The van der Waals surface area contributed by atoms with Crippen molar-refractivity contribution in [3.05, 3.63) is 80.6 Å². The third kappa shape index (κ3) is 5.98. The SMILES string of the molecule is CCn1c(SCC(=O)Nc2sc3c(c2C(=O)NCc2ccccc2)CCCC3)nnc1-c1cc2cc(Br)ccc2o1. The van der Waals surface area contributed by atoms with Crippen LogP contribution in [0.3, 0.4) is 0 Å². The fourth-order valence-corrected chi connectivity index (χ4v) is 7.52. The van der Waals surface area contributed by atoms with Gasteiger partial charge in [0.1, 0.15) is 10.6 Å². The van der Waals surface area contributed by atoms with Crippen LogP contribution in [0.15, 0.2) is 68.6 Å². The third-order valence-corrected chi connectivity index (χ3v) is 9.68. The van der Waals surface area contributed by atoms with Crippen molar-refractivity contribution in [2.45, 2.75) is 50.9 Å². The predicted octanol–water partition coefficient (Wildman–Crippen LogP) is 7.07. The van der Waals surface area contributed by atoms with Crippen molar-refractivity contribution < 1.29 is 14.0 Å². The molecular weight excluding hydrogens is 622 g/mol. The van der Waals surface area contributed by atoms with E-state index in [9.17, 15) is 9.59 Å². The molecule has 1 aliphatic rings. The van der Waals surface area contributed by atoms with E-state index in [4.69, 9.17) is 4.42 Å². The van der Waals surface area contributed by atoms with Crippen LogP contribution in [-0.2, 0) is 30.7 Å². The summed E-state index contributed by atoms with van der Waals surface area (Å²) in [6.45, 7) is 3.06. The molecule has 0 aliphatic heterocycles. The molecule has 0 unspecified atom stereocenters. The molecule has 11 heteroatoms. The molecule has 6 rings (SSSR count). The van der Waals surface area contributed by atoms with Crippen LogP contribution in [0.1, 0.15) is 46.1 Å². The Balaban J connectivity index is 1.16. The topological polar surface area (TPSA) is 102 Å². The van der Waals surface area contributed by atoms with E-state index in [1.165, 1.54) is 28.0 Å². The number of thiophene rings is 1. The molecule has 0 saturated carbocycles. The van der Waals surface area contributed by atoms with Crippen molar-refractivity contribution in [1.82, 2.24) is 20.1 Å². The molecule has 0 bridgehead atoms. The van der Waals surface area contributed by atoms with E-state index >= 15 is 0 Å². The Bertz CT molecular complexity index is 1730. The van der Waals surface area contributed by atoms with Gasteiger partial charge >= 0.3 is 0 Å². The molecule has 0 saturated heterocycles. The van der Waals surface area contributed by atoms with Crippen molar-refractivity contribution in [1.29, 1.82) is 0 Å². The normalized spacial score (nSPS) is 12.8. The van der Waals surface area contributed by atoms with Gasteiger partial charge in [0.2, 0.25) is 11.7 Å². The Morgan fingerprint density at radius 3 is 2.76 bits per heavy atom. The average Bonchev–Trinajstić information content (AvgIpc) is 3.69. The second-order valence-corrected chi connectivity index (χ2v) is 12.7. The smallest absolute Gasteiger partial charge is 0.254 e. The van der Waals surface area contributed by atoms with Crippen LogP contribution in [0.2, 0.25) is 0 Å². The molecule has 2 amide bonds. The van der Waals surface area contributed by atoms with Gasteiger partial charge in [0.05, 0.1) is 11.3 Å². The fourth-order valence-electron chi connectivity index (χ4n) is 5.04. The van der Waals surface area contributed by atoms with Crippen LogP contribution in [0.25, 0.3) is 22.6 Å². The molecule has 210 valence electrons. The number of carbonyl (C=O) groups excluding carboxylic acids is 2. The zero-order valence-electron chi connectivity index (χ0n) is 22.4. The summed E-state index contributed by atoms with van der Waals surface area (Å²) in [6, 6.07) is 17.6. The van der Waals surface area contributed by atoms with Gasteiger partial charge in [-0.2, -0.15) is 0 Å². The van der Waals surface area contributed by atoms with Crippen molar-refractivity contribution in [3.63, 3.8) is 0 Å². The summed E-state index contributed by atoms with van der Waals surface area (Å²) < 4.78 is 8.94. The van der Waals surface area contributed by atoms with E-state index in [0.717, 1.165) is 52.3 Å². The summed E-state index contributed by atoms with van der Waals surface area (Å²) in [5.41, 5.74) is 3.48. The molecule has 1 aliphatic carbocycles. The number of carbonyl (C=O) groups is 2. The van der Waals surface area contributed by atoms with Crippen LogP contribution >= 0.6 is 39.0 Å². The second kappa shape index (κ2) is 12.2. The first-order chi connectivity index (χ1) is 20.0. The van der Waals surface area contributed by atoms with Gasteiger partial charge in [-0.15, -0.1) is 21.5 Å². The number of hydrogen-bond acceptors (Lipinski definition) is 7. The minimum Gasteiger partial charge on any atom is -0.453 e. The zero-order valence-corrected chi connectivity index (χ0v) is 25.6. The Kier molecular flexibility index (Phi) is 8.27. The highest BCUT2D eigenvalue weighted by Crippen LogP contribution is 2.38. The average molecular weight is 651 g/mol. The summed E-state index contributed by atoms with van der Waals surface area (Å²) in [6.07, 6.45) is 3.93. The van der Waals surface area contributed by atoms with Gasteiger partial charge in [-0.1, -0.05) is 58.0 Å². The second-order valence-electron chi connectivity index (χ2n) is 9.76. The fraction of sp³-hybridized carbons (Fsp3) is 0.267. The van der Waals surface area contributed by atoms with E-state index in [1.807, 2.05) is 66.1 Å². The minimum atomic E-state index is -0.188. The number of hydrogen-bond donors (Lipinski definition) is 2. The lowest BCUT2D eigenvalue weighted by Crippen LogP contribution is -2.25. The van der Waals surface area contributed by atoms with Crippen LogP contribution in [-0.4, -0.2) is 32.3 Å². The van der Waals surface area contributed by atoms with Gasteiger partial charge < -0.3 is 15.1 Å². The number of nitrogens with zero attached hydrogens (tertiary/aromatic N) is 3. The number of halogens is 1. The maximum absolute atomic E-state index is 13.3. The highest BCUT2D eigenvalue weighted by molar-refractivity contribution is 9.10. The molecule has 8 nitrogen and oxygen atoms in total. The molecule has 2 aromatic carbocycles. The molecule has 41 heavy (non-hydrogen) atoms. The van der Waals surface area contributed by atoms with Gasteiger partial charge in [0, 0.05) is 27.8 Å². The van der Waals surface area contributed by atoms with Crippen molar-refractivity contribution >= 4 is 66.8 Å². The van der Waals surface area contributed by atoms with Gasteiger partial charge in [0.25, 0.3) is 5.91 Å². The Morgan fingerprint density at radius 2 is 1.93 bits per heavy atom. The molecule has 0 fully saturated rings. The number of furan rings is 1. The summed E-state index contributed by atoms with van der Waals surface area (Å²) in [5, 5.41) is 17.0. The third-order valence-electron chi connectivity index (χ3n) is 7.01. The standard InChI is InChI=1S/C30H28BrN5O3S2/c1-2-36-27(23-15-19-14-20(31)12-13-22(19)39-23)34-35-30(36)40-17-25(37)33-29-26(21-10-6-7-11-24(21)41-29)28(38)32-16-18-8-4-3-5-9-18/h3-5,8-9,12-15H,2,6-7,10-11,16-17H2,1H3,(H,32,38)(H,33,37). The Labute approximate surface area is 254 Å². The van der Waals surface area contributed by atoms with Gasteiger partial charge in [-0.3, -0.25) is 14.2 Å². The summed E-state index contributed by atoms with van der Waals surface area (Å²) >= 11 is 6.33. The summed E-state index contributed by atoms with van der Waals surface area (Å²) in [4.78, 5) is 27.7. The van der Waals surface area contributed by atoms with Gasteiger partial charge in [-0.05, 0) is 68.0 Å². The number of benzene rings is 2. The number of aromatic nitrogens is 3. The van der Waals surface area contributed by atoms with Gasteiger partial charge in [0.15, 0.2) is 10.9 Å². The first kappa shape index (κ1) is 27.7. The summed E-state index contributed by atoms with van der Waals surface area (Å²) in [7, 11) is 0.